The summed E-state index contributed by atoms with van der Waals surface area (Å²) < 4.78 is 0. The highest BCUT2D eigenvalue weighted by atomic mass is 16.4. The summed E-state index contributed by atoms with van der Waals surface area (Å²) in [6.07, 6.45) is 7.92. The highest BCUT2D eigenvalue weighted by Gasteiger charge is 2.26. The zero-order valence-electron chi connectivity index (χ0n) is 14.5. The second kappa shape index (κ2) is 7.37. The van der Waals surface area contributed by atoms with Crippen LogP contribution in [-0.4, -0.2) is 28.4 Å². The van der Waals surface area contributed by atoms with Crippen molar-refractivity contribution in [3.63, 3.8) is 0 Å². The topological polar surface area (TPSA) is 57.6 Å². The van der Waals surface area contributed by atoms with E-state index in [1.165, 1.54) is 37.7 Å². The average molecular weight is 329 g/mol. The van der Waals surface area contributed by atoms with E-state index in [9.17, 15) is 9.59 Å². The number of hydrogen-bond donors (Lipinski definition) is 1. The third-order valence-electron chi connectivity index (χ3n) is 5.77. The molecule has 0 radical (unpaired) electrons. The molecule has 1 aliphatic carbocycles. The number of fused-ring (bicyclic) bond motifs is 1. The van der Waals surface area contributed by atoms with Crippen LogP contribution in [0.4, 0.5) is 0 Å². The molecular formula is C20H27NO3. The lowest BCUT2D eigenvalue weighted by Crippen LogP contribution is -2.37. The molecule has 1 aromatic rings. The molecule has 1 aromatic carbocycles. The van der Waals surface area contributed by atoms with Gasteiger partial charge < -0.3 is 10.0 Å². The minimum absolute atomic E-state index is 0.222. The van der Waals surface area contributed by atoms with Gasteiger partial charge in [0.1, 0.15) is 0 Å². The SMILES string of the molecule is CC(CC(=O)N1CCc2ccc(C(=O)O)cc2C1)C1CCCCC1. The molecule has 24 heavy (non-hydrogen) atoms. The minimum Gasteiger partial charge on any atom is -0.478 e. The van der Waals surface area contributed by atoms with Crippen molar-refractivity contribution in [1.82, 2.24) is 4.90 Å². The molecule has 1 saturated carbocycles. The fourth-order valence-corrected chi connectivity index (χ4v) is 4.18. The Labute approximate surface area is 143 Å². The predicted octanol–water partition coefficient (Wildman–Crippen LogP) is 3.88. The maximum Gasteiger partial charge on any atom is 0.335 e. The first-order chi connectivity index (χ1) is 11.5. The van der Waals surface area contributed by atoms with Gasteiger partial charge in [0, 0.05) is 19.5 Å². The van der Waals surface area contributed by atoms with Crippen LogP contribution >= 0.6 is 0 Å². The van der Waals surface area contributed by atoms with Gasteiger partial charge >= 0.3 is 5.97 Å². The van der Waals surface area contributed by atoms with Crippen molar-refractivity contribution in [3.05, 3.63) is 34.9 Å². The lowest BCUT2D eigenvalue weighted by molar-refractivity contribution is -0.133. The number of nitrogens with zero attached hydrogens (tertiary/aromatic N) is 1. The third kappa shape index (κ3) is 3.80. The predicted molar refractivity (Wildman–Crippen MR) is 92.9 cm³/mol. The maximum absolute atomic E-state index is 12.7. The first-order valence-corrected chi connectivity index (χ1v) is 9.17. The van der Waals surface area contributed by atoms with E-state index < -0.39 is 5.97 Å². The molecular weight excluding hydrogens is 302 g/mol. The van der Waals surface area contributed by atoms with Crippen LogP contribution in [0.3, 0.4) is 0 Å². The molecule has 2 aliphatic rings. The zero-order chi connectivity index (χ0) is 17.1. The van der Waals surface area contributed by atoms with Gasteiger partial charge in [0.15, 0.2) is 0 Å². The van der Waals surface area contributed by atoms with Gasteiger partial charge in [0.05, 0.1) is 5.56 Å². The van der Waals surface area contributed by atoms with Gasteiger partial charge in [-0.25, -0.2) is 4.79 Å². The second-order valence-corrected chi connectivity index (χ2v) is 7.43. The molecule has 0 aromatic heterocycles. The average Bonchev–Trinajstić information content (AvgIpc) is 2.61. The van der Waals surface area contributed by atoms with Gasteiger partial charge in [-0.05, 0) is 41.5 Å². The lowest BCUT2D eigenvalue weighted by Gasteiger charge is -2.32. The van der Waals surface area contributed by atoms with E-state index in [2.05, 4.69) is 6.92 Å². The highest BCUT2D eigenvalue weighted by Crippen LogP contribution is 2.32. The van der Waals surface area contributed by atoms with Crippen molar-refractivity contribution in [3.8, 4) is 0 Å². The minimum atomic E-state index is -0.910. The van der Waals surface area contributed by atoms with E-state index in [4.69, 9.17) is 5.11 Å². The number of rotatable bonds is 4. The Hall–Kier alpha value is -1.84. The van der Waals surface area contributed by atoms with Crippen LogP contribution < -0.4 is 0 Å². The van der Waals surface area contributed by atoms with Crippen LogP contribution in [0.25, 0.3) is 0 Å². The Kier molecular flexibility index (Phi) is 5.22. The monoisotopic (exact) mass is 329 g/mol. The quantitative estimate of drug-likeness (QED) is 0.912. The van der Waals surface area contributed by atoms with Crippen LogP contribution in [0.2, 0.25) is 0 Å². The summed E-state index contributed by atoms with van der Waals surface area (Å²) in [6, 6.07) is 5.27. The highest BCUT2D eigenvalue weighted by molar-refractivity contribution is 5.88. The Morgan fingerprint density at radius 1 is 1.21 bits per heavy atom. The van der Waals surface area contributed by atoms with Crippen LogP contribution in [0.5, 0.6) is 0 Å². The molecule has 1 aliphatic heterocycles. The fourth-order valence-electron chi connectivity index (χ4n) is 4.18. The summed E-state index contributed by atoms with van der Waals surface area (Å²) in [7, 11) is 0. The summed E-state index contributed by atoms with van der Waals surface area (Å²) in [5, 5.41) is 9.14. The molecule has 0 saturated heterocycles. The lowest BCUT2D eigenvalue weighted by atomic mass is 9.79. The van der Waals surface area contributed by atoms with Crippen molar-refractivity contribution in [2.45, 2.75) is 58.4 Å². The smallest absolute Gasteiger partial charge is 0.335 e. The van der Waals surface area contributed by atoms with Crippen molar-refractivity contribution in [2.75, 3.05) is 6.54 Å². The molecule has 4 heteroatoms. The van der Waals surface area contributed by atoms with Crippen LogP contribution in [0.15, 0.2) is 18.2 Å². The number of benzene rings is 1. The molecule has 1 heterocycles. The molecule has 1 amide bonds. The molecule has 4 nitrogen and oxygen atoms in total. The molecule has 3 rings (SSSR count). The summed E-state index contributed by atoms with van der Waals surface area (Å²) in [6.45, 7) is 3.51. The largest absolute Gasteiger partial charge is 0.478 e. The maximum atomic E-state index is 12.7. The number of carboxylic acid groups (broad SMARTS) is 1. The number of hydrogen-bond acceptors (Lipinski definition) is 2. The van der Waals surface area contributed by atoms with E-state index in [-0.39, 0.29) is 5.91 Å². The molecule has 130 valence electrons. The van der Waals surface area contributed by atoms with Crippen LogP contribution in [-0.2, 0) is 17.8 Å². The van der Waals surface area contributed by atoms with Crippen molar-refractivity contribution >= 4 is 11.9 Å². The second-order valence-electron chi connectivity index (χ2n) is 7.43. The Bertz CT molecular complexity index is 619. The van der Waals surface area contributed by atoms with Gasteiger partial charge in [-0.1, -0.05) is 45.1 Å². The van der Waals surface area contributed by atoms with E-state index in [0.717, 1.165) is 18.5 Å². The molecule has 1 N–H and O–H groups in total. The van der Waals surface area contributed by atoms with Gasteiger partial charge in [-0.2, -0.15) is 0 Å². The van der Waals surface area contributed by atoms with E-state index in [1.54, 1.807) is 12.1 Å². The van der Waals surface area contributed by atoms with E-state index in [1.807, 2.05) is 11.0 Å². The van der Waals surface area contributed by atoms with E-state index in [0.29, 0.717) is 30.4 Å². The molecule has 1 unspecified atom stereocenters. The summed E-state index contributed by atoms with van der Waals surface area (Å²) in [4.78, 5) is 25.7. The van der Waals surface area contributed by atoms with Crippen LogP contribution in [0.1, 0.15) is 66.9 Å². The number of carbonyl (C=O) groups is 2. The number of amides is 1. The summed E-state index contributed by atoms with van der Waals surface area (Å²) in [5.41, 5.74) is 2.46. The van der Waals surface area contributed by atoms with Crippen LogP contribution in [0, 0.1) is 11.8 Å². The molecule has 1 atom stereocenters. The third-order valence-corrected chi connectivity index (χ3v) is 5.77. The molecule has 1 fully saturated rings. The summed E-state index contributed by atoms with van der Waals surface area (Å²) in [5.74, 6) is 0.453. The molecule has 0 bridgehead atoms. The van der Waals surface area contributed by atoms with Gasteiger partial charge in [0.2, 0.25) is 5.91 Å². The number of carboxylic acids is 1. The first kappa shape index (κ1) is 17.0. The first-order valence-electron chi connectivity index (χ1n) is 9.17. The summed E-state index contributed by atoms with van der Waals surface area (Å²) >= 11 is 0. The van der Waals surface area contributed by atoms with Gasteiger partial charge in [-0.15, -0.1) is 0 Å². The van der Waals surface area contributed by atoms with Gasteiger partial charge in [0.25, 0.3) is 0 Å². The normalized spacial score (nSPS) is 19.6. The van der Waals surface area contributed by atoms with Gasteiger partial charge in [-0.3, -0.25) is 4.79 Å². The fraction of sp³-hybridized carbons (Fsp3) is 0.600. The van der Waals surface area contributed by atoms with Crippen molar-refractivity contribution in [2.24, 2.45) is 11.8 Å². The van der Waals surface area contributed by atoms with E-state index >= 15 is 0 Å². The Balaban J connectivity index is 1.62. The zero-order valence-corrected chi connectivity index (χ0v) is 14.5. The van der Waals surface area contributed by atoms with Crippen molar-refractivity contribution < 1.29 is 14.7 Å². The molecule has 0 spiro atoms. The standard InChI is InChI=1S/C20H27NO3/c1-14(15-5-3-2-4-6-15)11-19(22)21-10-9-16-7-8-17(20(23)24)12-18(16)13-21/h7-8,12,14-15H,2-6,9-11,13H2,1H3,(H,23,24). The van der Waals surface area contributed by atoms with Crippen molar-refractivity contribution in [1.29, 1.82) is 0 Å². The number of carbonyl (C=O) groups excluding carboxylic acids is 1. The number of aromatic carboxylic acids is 1. The Morgan fingerprint density at radius 3 is 2.67 bits per heavy atom. The Morgan fingerprint density at radius 2 is 1.96 bits per heavy atom.